The summed E-state index contributed by atoms with van der Waals surface area (Å²) in [6, 6.07) is 0.575. The lowest BCUT2D eigenvalue weighted by Gasteiger charge is -2.31. The van der Waals surface area contributed by atoms with Crippen molar-refractivity contribution >= 4 is 0 Å². The molecule has 18 heavy (non-hydrogen) atoms. The highest BCUT2D eigenvalue weighted by molar-refractivity contribution is 4.95. The van der Waals surface area contributed by atoms with Crippen LogP contribution in [0, 0.1) is 0 Å². The third-order valence-electron chi connectivity index (χ3n) is 3.30. The fraction of sp³-hybridized carbons (Fsp3) is 0.692. The minimum absolute atomic E-state index is 0.575. The van der Waals surface area contributed by atoms with Crippen molar-refractivity contribution in [2.75, 3.05) is 19.6 Å². The largest absolute Gasteiger partial charge is 0.343 e. The molecule has 0 atom stereocenters. The quantitative estimate of drug-likeness (QED) is 0.804. The average molecular weight is 250 g/mol. The molecule has 0 spiro atoms. The van der Waals surface area contributed by atoms with E-state index in [0.29, 0.717) is 12.6 Å². The Kier molecular flexibility index (Phi) is 4.90. The Morgan fingerprint density at radius 2 is 2.28 bits per heavy atom. The van der Waals surface area contributed by atoms with E-state index in [-0.39, 0.29) is 0 Å². The van der Waals surface area contributed by atoms with Crippen molar-refractivity contribution in [3.8, 4) is 0 Å². The Labute approximate surface area is 108 Å². The maximum Gasteiger partial charge on any atom is 0.213 e. The topological polar surface area (TPSA) is 54.2 Å². The molecule has 5 heteroatoms. The molecule has 1 aliphatic rings. The maximum absolute atomic E-state index is 4.71. The number of piperidine rings is 1. The smallest absolute Gasteiger partial charge is 0.213 e. The van der Waals surface area contributed by atoms with E-state index in [1.54, 1.807) is 0 Å². The Morgan fingerprint density at radius 3 is 2.89 bits per heavy atom. The van der Waals surface area contributed by atoms with E-state index >= 15 is 0 Å². The molecule has 0 aliphatic carbocycles. The number of hydrogen-bond acceptors (Lipinski definition) is 5. The van der Waals surface area contributed by atoms with Crippen LogP contribution >= 0.6 is 0 Å². The summed E-state index contributed by atoms with van der Waals surface area (Å²) in [6.07, 6.45) is 6.05. The molecule has 2 heterocycles. The third-order valence-corrected chi connectivity index (χ3v) is 3.30. The van der Waals surface area contributed by atoms with Gasteiger partial charge in [0.25, 0.3) is 0 Å². The lowest BCUT2D eigenvalue weighted by atomic mass is 10.0. The lowest BCUT2D eigenvalue weighted by molar-refractivity contribution is 0.213. The zero-order chi connectivity index (χ0) is 12.8. The molecule has 0 bridgehead atoms. The van der Waals surface area contributed by atoms with Crippen molar-refractivity contribution in [2.24, 2.45) is 0 Å². The monoisotopic (exact) mass is 250 g/mol. The highest BCUT2D eigenvalue weighted by Gasteiger charge is 2.18. The molecule has 1 fully saturated rings. The zero-order valence-corrected chi connectivity index (χ0v) is 11.2. The summed E-state index contributed by atoms with van der Waals surface area (Å²) in [6.45, 7) is 8.41. The Bertz CT molecular complexity index is 362. The van der Waals surface area contributed by atoms with Gasteiger partial charge >= 0.3 is 0 Å². The van der Waals surface area contributed by atoms with Crippen LogP contribution in [0.1, 0.15) is 32.5 Å². The van der Waals surface area contributed by atoms with E-state index in [0.717, 1.165) is 25.5 Å². The predicted octanol–water partition coefficient (Wildman–Crippen LogP) is 1.59. The molecule has 1 aromatic heterocycles. The van der Waals surface area contributed by atoms with Crippen LogP contribution in [0.5, 0.6) is 0 Å². The molecule has 0 amide bonds. The molecule has 1 N–H and O–H groups in total. The maximum atomic E-state index is 4.71. The number of allylic oxidation sites excluding steroid dienone is 1. The third kappa shape index (κ3) is 4.23. The van der Waals surface area contributed by atoms with E-state index in [2.05, 4.69) is 40.3 Å². The Hall–Kier alpha value is -1.20. The predicted molar refractivity (Wildman–Crippen MR) is 70.0 cm³/mol. The van der Waals surface area contributed by atoms with Crippen molar-refractivity contribution in [1.82, 2.24) is 20.4 Å². The number of nitrogens with one attached hydrogen (secondary N) is 1. The summed E-state index contributed by atoms with van der Waals surface area (Å²) < 4.78 is 4.71. The Balaban J connectivity index is 1.65. The first kappa shape index (κ1) is 13.2. The second-order valence-electron chi connectivity index (χ2n) is 5.08. The molecular weight excluding hydrogens is 228 g/mol. The average Bonchev–Trinajstić information content (AvgIpc) is 2.88. The molecule has 0 unspecified atom stereocenters. The molecule has 0 saturated carbocycles. The minimum atomic E-state index is 0.575. The van der Waals surface area contributed by atoms with Gasteiger partial charge in [0.1, 0.15) is 0 Å². The highest BCUT2D eigenvalue weighted by Crippen LogP contribution is 2.11. The molecule has 5 nitrogen and oxygen atoms in total. The number of aromatic nitrogens is 2. The van der Waals surface area contributed by atoms with E-state index in [9.17, 15) is 0 Å². The summed E-state index contributed by atoms with van der Waals surface area (Å²) in [5.41, 5.74) is 1.40. The molecule has 2 rings (SSSR count). The highest BCUT2D eigenvalue weighted by atomic mass is 16.5. The number of nitrogens with zero attached hydrogens (tertiary/aromatic N) is 3. The standard InChI is InChI=1S/C13H22N4O/c1-11(2)3-6-17-7-4-12(5-8-17)14-9-13-15-10-18-16-13/h3,10,12,14H,4-9H2,1-2H3. The van der Waals surface area contributed by atoms with E-state index < -0.39 is 0 Å². The van der Waals surface area contributed by atoms with Gasteiger partial charge in [0.2, 0.25) is 6.39 Å². The molecule has 1 aliphatic heterocycles. The summed E-state index contributed by atoms with van der Waals surface area (Å²) in [4.78, 5) is 6.51. The first-order chi connectivity index (χ1) is 8.74. The van der Waals surface area contributed by atoms with Gasteiger partial charge in [-0.2, -0.15) is 4.98 Å². The summed E-state index contributed by atoms with van der Waals surface area (Å²) in [5.74, 6) is 0.738. The van der Waals surface area contributed by atoms with Crippen molar-refractivity contribution in [3.05, 3.63) is 23.9 Å². The second-order valence-corrected chi connectivity index (χ2v) is 5.08. The van der Waals surface area contributed by atoms with Gasteiger partial charge in [-0.25, -0.2) is 0 Å². The van der Waals surface area contributed by atoms with Gasteiger partial charge in [-0.15, -0.1) is 0 Å². The molecule has 0 aromatic carbocycles. The van der Waals surface area contributed by atoms with Crippen LogP contribution in [-0.2, 0) is 6.54 Å². The van der Waals surface area contributed by atoms with Gasteiger partial charge in [-0.3, -0.25) is 4.90 Å². The summed E-state index contributed by atoms with van der Waals surface area (Å²) >= 11 is 0. The van der Waals surface area contributed by atoms with Crippen LogP contribution in [0.4, 0.5) is 0 Å². The first-order valence-electron chi connectivity index (χ1n) is 6.58. The summed E-state index contributed by atoms with van der Waals surface area (Å²) in [7, 11) is 0. The minimum Gasteiger partial charge on any atom is -0.343 e. The van der Waals surface area contributed by atoms with Gasteiger partial charge in [0.05, 0.1) is 6.54 Å². The SMILES string of the molecule is CC(C)=CCN1CCC(NCc2ncon2)CC1. The lowest BCUT2D eigenvalue weighted by Crippen LogP contribution is -2.42. The van der Waals surface area contributed by atoms with Gasteiger partial charge < -0.3 is 9.84 Å². The van der Waals surface area contributed by atoms with Crippen LogP contribution in [0.3, 0.4) is 0 Å². The molecule has 100 valence electrons. The van der Waals surface area contributed by atoms with Crippen LogP contribution in [0.25, 0.3) is 0 Å². The molecular formula is C13H22N4O. The van der Waals surface area contributed by atoms with Crippen LogP contribution < -0.4 is 5.32 Å². The Morgan fingerprint density at radius 1 is 1.50 bits per heavy atom. The van der Waals surface area contributed by atoms with E-state index in [1.807, 2.05) is 0 Å². The van der Waals surface area contributed by atoms with Crippen molar-refractivity contribution in [3.63, 3.8) is 0 Å². The van der Waals surface area contributed by atoms with E-state index in [1.165, 1.54) is 24.8 Å². The number of rotatable bonds is 5. The van der Waals surface area contributed by atoms with Gasteiger partial charge in [0, 0.05) is 12.6 Å². The molecule has 1 saturated heterocycles. The normalized spacial score (nSPS) is 17.9. The van der Waals surface area contributed by atoms with Gasteiger partial charge in [-0.05, 0) is 39.8 Å². The number of hydrogen-bond donors (Lipinski definition) is 1. The van der Waals surface area contributed by atoms with Crippen LogP contribution in [-0.4, -0.2) is 40.7 Å². The van der Waals surface area contributed by atoms with Gasteiger partial charge in [-0.1, -0.05) is 16.8 Å². The molecule has 0 radical (unpaired) electrons. The molecule has 1 aromatic rings. The number of likely N-dealkylation sites (tertiary alicyclic amines) is 1. The van der Waals surface area contributed by atoms with Crippen LogP contribution in [0.15, 0.2) is 22.6 Å². The van der Waals surface area contributed by atoms with Crippen molar-refractivity contribution < 1.29 is 4.52 Å². The summed E-state index contributed by atoms with van der Waals surface area (Å²) in [5, 5.41) is 7.28. The van der Waals surface area contributed by atoms with E-state index in [4.69, 9.17) is 4.52 Å². The first-order valence-corrected chi connectivity index (χ1v) is 6.58. The van der Waals surface area contributed by atoms with Crippen molar-refractivity contribution in [2.45, 2.75) is 39.3 Å². The van der Waals surface area contributed by atoms with Gasteiger partial charge in [0.15, 0.2) is 5.82 Å². The fourth-order valence-electron chi connectivity index (χ4n) is 2.14. The van der Waals surface area contributed by atoms with Crippen molar-refractivity contribution in [1.29, 1.82) is 0 Å². The fourth-order valence-corrected chi connectivity index (χ4v) is 2.14. The second kappa shape index (κ2) is 6.66. The zero-order valence-electron chi connectivity index (χ0n) is 11.2. The van der Waals surface area contributed by atoms with Crippen LogP contribution in [0.2, 0.25) is 0 Å².